The summed E-state index contributed by atoms with van der Waals surface area (Å²) in [6, 6.07) is 5.91. The Morgan fingerprint density at radius 3 is 2.76 bits per heavy atom. The summed E-state index contributed by atoms with van der Waals surface area (Å²) < 4.78 is 5.63. The second-order valence-electron chi connectivity index (χ2n) is 4.50. The molecule has 0 unspecified atom stereocenters. The van der Waals surface area contributed by atoms with Crippen LogP contribution in [0.4, 0.5) is 5.69 Å². The van der Waals surface area contributed by atoms with E-state index in [-0.39, 0.29) is 16.7 Å². The zero-order valence-corrected chi connectivity index (χ0v) is 12.4. The molecule has 2 rings (SSSR count). The molecule has 0 N–H and O–H groups in total. The van der Waals surface area contributed by atoms with Gasteiger partial charge in [-0.05, 0) is 25.0 Å². The van der Waals surface area contributed by atoms with Crippen molar-refractivity contribution in [3.8, 4) is 11.6 Å². The number of hydrogen-bond acceptors (Lipinski definition) is 5. The number of rotatable bonds is 5. The molecule has 2 aromatic rings. The van der Waals surface area contributed by atoms with Crippen LogP contribution in [0.5, 0.6) is 11.6 Å². The molecule has 1 aromatic carbocycles. The lowest BCUT2D eigenvalue weighted by atomic mass is 10.2. The monoisotopic (exact) mass is 307 g/mol. The molecule has 7 heteroatoms. The van der Waals surface area contributed by atoms with Crippen LogP contribution in [0.2, 0.25) is 5.15 Å². The second-order valence-corrected chi connectivity index (χ2v) is 4.89. The van der Waals surface area contributed by atoms with Crippen molar-refractivity contribution in [2.24, 2.45) is 0 Å². The third-order valence-corrected chi connectivity index (χ3v) is 2.98. The molecule has 0 atom stereocenters. The molecule has 0 aliphatic carbocycles. The zero-order valence-electron chi connectivity index (χ0n) is 11.7. The van der Waals surface area contributed by atoms with E-state index in [1.807, 2.05) is 6.92 Å². The maximum absolute atomic E-state index is 10.8. The van der Waals surface area contributed by atoms with Crippen molar-refractivity contribution in [1.29, 1.82) is 0 Å². The molecule has 110 valence electrons. The smallest absolute Gasteiger partial charge is 0.273 e. The largest absolute Gasteiger partial charge is 0.438 e. The van der Waals surface area contributed by atoms with Crippen molar-refractivity contribution in [2.75, 3.05) is 0 Å². The van der Waals surface area contributed by atoms with Gasteiger partial charge in [-0.3, -0.25) is 10.1 Å². The number of aromatic nitrogens is 2. The minimum Gasteiger partial charge on any atom is -0.438 e. The number of ether oxygens (including phenoxy) is 1. The van der Waals surface area contributed by atoms with E-state index < -0.39 is 4.92 Å². The van der Waals surface area contributed by atoms with Gasteiger partial charge in [-0.25, -0.2) is 4.98 Å². The van der Waals surface area contributed by atoms with Crippen LogP contribution in [0.15, 0.2) is 24.3 Å². The lowest BCUT2D eigenvalue weighted by Crippen LogP contribution is -1.99. The molecule has 0 aliphatic heterocycles. The number of nitro groups is 1. The van der Waals surface area contributed by atoms with Gasteiger partial charge < -0.3 is 4.74 Å². The number of aryl methyl sites for hydroxylation is 2. The van der Waals surface area contributed by atoms with Crippen molar-refractivity contribution < 1.29 is 9.66 Å². The average molecular weight is 308 g/mol. The molecule has 6 nitrogen and oxygen atoms in total. The SMILES string of the molecule is CCCc1nc(Cl)cc(Oc2cc([N+](=O)[O-])ccc2C)n1. The molecule has 0 radical (unpaired) electrons. The first-order valence-electron chi connectivity index (χ1n) is 6.46. The van der Waals surface area contributed by atoms with Gasteiger partial charge in [-0.1, -0.05) is 18.5 Å². The van der Waals surface area contributed by atoms with E-state index in [1.165, 1.54) is 18.2 Å². The summed E-state index contributed by atoms with van der Waals surface area (Å²) in [5, 5.41) is 11.1. The molecule has 0 saturated carbocycles. The van der Waals surface area contributed by atoms with Gasteiger partial charge in [0, 0.05) is 18.6 Å². The Morgan fingerprint density at radius 1 is 1.33 bits per heavy atom. The zero-order chi connectivity index (χ0) is 15.4. The third-order valence-electron chi connectivity index (χ3n) is 2.79. The molecule has 1 heterocycles. The molecule has 0 saturated heterocycles. The fourth-order valence-corrected chi connectivity index (χ4v) is 1.95. The third kappa shape index (κ3) is 3.88. The van der Waals surface area contributed by atoms with Crippen molar-refractivity contribution in [2.45, 2.75) is 26.7 Å². The van der Waals surface area contributed by atoms with Crippen LogP contribution in [-0.4, -0.2) is 14.9 Å². The summed E-state index contributed by atoms with van der Waals surface area (Å²) in [4.78, 5) is 18.7. The summed E-state index contributed by atoms with van der Waals surface area (Å²) in [5.74, 6) is 1.24. The van der Waals surface area contributed by atoms with E-state index >= 15 is 0 Å². The Hall–Kier alpha value is -2.21. The number of benzene rings is 1. The van der Waals surface area contributed by atoms with E-state index in [9.17, 15) is 10.1 Å². The first-order valence-corrected chi connectivity index (χ1v) is 6.83. The molecule has 1 aromatic heterocycles. The Bertz CT molecular complexity index is 677. The Morgan fingerprint density at radius 2 is 2.10 bits per heavy atom. The first-order chi connectivity index (χ1) is 9.99. The number of non-ortho nitro benzene ring substituents is 1. The molecule has 0 bridgehead atoms. The van der Waals surface area contributed by atoms with Crippen LogP contribution in [0.1, 0.15) is 24.7 Å². The van der Waals surface area contributed by atoms with Gasteiger partial charge >= 0.3 is 0 Å². The van der Waals surface area contributed by atoms with Gasteiger partial charge in [0.2, 0.25) is 5.88 Å². The predicted octanol–water partition coefficient (Wildman–Crippen LogP) is 4.09. The van der Waals surface area contributed by atoms with Crippen molar-refractivity contribution in [3.05, 3.63) is 50.9 Å². The Labute approximate surface area is 126 Å². The molecule has 0 amide bonds. The number of nitrogens with zero attached hydrogens (tertiary/aromatic N) is 3. The highest BCUT2D eigenvalue weighted by atomic mass is 35.5. The van der Waals surface area contributed by atoms with Gasteiger partial charge in [-0.15, -0.1) is 0 Å². The summed E-state index contributed by atoms with van der Waals surface area (Å²) >= 11 is 5.93. The minimum atomic E-state index is -0.470. The molecule has 21 heavy (non-hydrogen) atoms. The Balaban J connectivity index is 2.33. The molecule has 0 aliphatic rings. The maximum atomic E-state index is 10.8. The van der Waals surface area contributed by atoms with Gasteiger partial charge in [0.15, 0.2) is 0 Å². The summed E-state index contributed by atoms with van der Waals surface area (Å²) in [7, 11) is 0. The van der Waals surface area contributed by atoms with Crippen molar-refractivity contribution in [1.82, 2.24) is 9.97 Å². The predicted molar refractivity (Wildman–Crippen MR) is 78.9 cm³/mol. The topological polar surface area (TPSA) is 78.2 Å². The fraction of sp³-hybridized carbons (Fsp3) is 0.286. The molecular formula is C14H14ClN3O3. The standard InChI is InChI=1S/C14H14ClN3O3/c1-3-4-13-16-12(15)8-14(17-13)21-11-7-10(18(19)20)6-5-9(11)2/h5-8H,3-4H2,1-2H3. The average Bonchev–Trinajstić information content (AvgIpc) is 2.40. The van der Waals surface area contributed by atoms with Gasteiger partial charge in [0.25, 0.3) is 5.69 Å². The van der Waals surface area contributed by atoms with E-state index in [0.717, 1.165) is 12.0 Å². The first kappa shape index (κ1) is 15.2. The lowest BCUT2D eigenvalue weighted by Gasteiger charge is -2.09. The van der Waals surface area contributed by atoms with Crippen LogP contribution >= 0.6 is 11.6 Å². The highest BCUT2D eigenvalue weighted by Crippen LogP contribution is 2.28. The lowest BCUT2D eigenvalue weighted by molar-refractivity contribution is -0.384. The maximum Gasteiger partial charge on any atom is 0.273 e. The van der Waals surface area contributed by atoms with Gasteiger partial charge in [-0.2, -0.15) is 4.98 Å². The van der Waals surface area contributed by atoms with Crippen molar-refractivity contribution >= 4 is 17.3 Å². The number of halogens is 1. The summed E-state index contributed by atoms with van der Waals surface area (Å²) in [6.45, 7) is 3.81. The normalized spacial score (nSPS) is 10.4. The van der Waals surface area contributed by atoms with Crippen molar-refractivity contribution in [3.63, 3.8) is 0 Å². The van der Waals surface area contributed by atoms with E-state index in [2.05, 4.69) is 9.97 Å². The second kappa shape index (κ2) is 6.49. The fourth-order valence-electron chi connectivity index (χ4n) is 1.75. The van der Waals surface area contributed by atoms with Crippen LogP contribution in [0.25, 0.3) is 0 Å². The van der Waals surface area contributed by atoms with Crippen LogP contribution in [-0.2, 0) is 6.42 Å². The highest BCUT2D eigenvalue weighted by molar-refractivity contribution is 6.29. The number of hydrogen-bond donors (Lipinski definition) is 0. The van der Waals surface area contributed by atoms with Crippen LogP contribution in [0, 0.1) is 17.0 Å². The van der Waals surface area contributed by atoms with E-state index in [0.29, 0.717) is 18.0 Å². The van der Waals surface area contributed by atoms with Gasteiger partial charge in [0.1, 0.15) is 16.7 Å². The van der Waals surface area contributed by atoms with Crippen LogP contribution in [0.3, 0.4) is 0 Å². The van der Waals surface area contributed by atoms with Crippen LogP contribution < -0.4 is 4.74 Å². The summed E-state index contributed by atoms with van der Waals surface area (Å²) in [6.07, 6.45) is 1.57. The quantitative estimate of drug-likeness (QED) is 0.472. The van der Waals surface area contributed by atoms with Gasteiger partial charge in [0.05, 0.1) is 11.0 Å². The van der Waals surface area contributed by atoms with E-state index in [1.54, 1.807) is 13.0 Å². The molecule has 0 spiro atoms. The minimum absolute atomic E-state index is 0.0375. The van der Waals surface area contributed by atoms with E-state index in [4.69, 9.17) is 16.3 Å². The summed E-state index contributed by atoms with van der Waals surface area (Å²) in [5.41, 5.74) is 0.733. The molecular weight excluding hydrogens is 294 g/mol. The highest BCUT2D eigenvalue weighted by Gasteiger charge is 2.12. The molecule has 0 fully saturated rings. The number of nitro benzene ring substituents is 1. The Kier molecular flexibility index (Phi) is 4.70.